The van der Waals surface area contributed by atoms with Crippen LogP contribution in [0.2, 0.25) is 0 Å². The maximum Gasteiger partial charge on any atom is 0.341 e. The standard InChI is InChI=1S/C25H25BrN4O4S2/c1-3-30-22(18-12-14-11-15(26)9-10-17(14)34-18)28-29-25(30)35-13-20(31)27-23-21(24(32)33-4-2)16-7-5-6-8-19(16)36-23/h9-12H,3-8,13H2,1-2H3,(H,27,31). The Kier molecular flexibility index (Phi) is 7.49. The number of nitrogens with one attached hydrogen (secondary N) is 1. The van der Waals surface area contributed by atoms with Crippen molar-refractivity contribution < 1.29 is 18.7 Å². The van der Waals surface area contributed by atoms with E-state index in [1.54, 1.807) is 6.92 Å². The van der Waals surface area contributed by atoms with Crippen molar-refractivity contribution in [2.75, 3.05) is 17.7 Å². The molecule has 8 nitrogen and oxygen atoms in total. The highest BCUT2D eigenvalue weighted by molar-refractivity contribution is 9.10. The number of fused-ring (bicyclic) bond motifs is 2. The SMILES string of the molecule is CCOC(=O)c1c(NC(=O)CSc2nnc(-c3cc4cc(Br)ccc4o3)n2CC)sc2c1CCCC2. The number of rotatable bonds is 8. The number of aryl methyl sites for hydroxylation is 1. The summed E-state index contributed by atoms with van der Waals surface area (Å²) in [5.41, 5.74) is 2.31. The first-order valence-electron chi connectivity index (χ1n) is 11.9. The van der Waals surface area contributed by atoms with Crippen LogP contribution in [0.5, 0.6) is 0 Å². The molecule has 0 spiro atoms. The summed E-state index contributed by atoms with van der Waals surface area (Å²) in [5, 5.41) is 13.8. The van der Waals surface area contributed by atoms with Crippen LogP contribution < -0.4 is 5.32 Å². The van der Waals surface area contributed by atoms with Gasteiger partial charge in [-0.25, -0.2) is 4.79 Å². The molecule has 1 aromatic carbocycles. The van der Waals surface area contributed by atoms with Crippen LogP contribution in [0.3, 0.4) is 0 Å². The van der Waals surface area contributed by atoms with E-state index in [1.807, 2.05) is 35.8 Å². The summed E-state index contributed by atoms with van der Waals surface area (Å²) in [6.07, 6.45) is 3.90. The molecule has 0 fully saturated rings. The maximum atomic E-state index is 12.9. The van der Waals surface area contributed by atoms with Gasteiger partial charge in [0.1, 0.15) is 10.6 Å². The van der Waals surface area contributed by atoms with E-state index in [0.717, 1.165) is 46.7 Å². The number of esters is 1. The minimum Gasteiger partial charge on any atom is -0.462 e. The summed E-state index contributed by atoms with van der Waals surface area (Å²) in [4.78, 5) is 26.7. The lowest BCUT2D eigenvalue weighted by Gasteiger charge is -2.12. The van der Waals surface area contributed by atoms with Crippen LogP contribution in [0.25, 0.3) is 22.6 Å². The lowest BCUT2D eigenvalue weighted by molar-refractivity contribution is -0.113. The molecule has 1 amide bonds. The molecule has 0 saturated carbocycles. The number of hydrogen-bond donors (Lipinski definition) is 1. The van der Waals surface area contributed by atoms with Crippen LogP contribution in [0.1, 0.15) is 47.5 Å². The fraction of sp³-hybridized carbons (Fsp3) is 0.360. The Morgan fingerprint density at radius 2 is 2.06 bits per heavy atom. The van der Waals surface area contributed by atoms with Crippen molar-refractivity contribution in [1.82, 2.24) is 14.8 Å². The lowest BCUT2D eigenvalue weighted by Crippen LogP contribution is -2.17. The van der Waals surface area contributed by atoms with E-state index < -0.39 is 0 Å². The summed E-state index contributed by atoms with van der Waals surface area (Å²) >= 11 is 6.27. The van der Waals surface area contributed by atoms with Crippen molar-refractivity contribution in [1.29, 1.82) is 0 Å². The number of carbonyl (C=O) groups is 2. The van der Waals surface area contributed by atoms with Gasteiger partial charge < -0.3 is 14.5 Å². The zero-order chi connectivity index (χ0) is 25.2. The monoisotopic (exact) mass is 588 g/mol. The predicted octanol–water partition coefficient (Wildman–Crippen LogP) is 6.32. The average molecular weight is 590 g/mol. The zero-order valence-electron chi connectivity index (χ0n) is 19.9. The van der Waals surface area contributed by atoms with Gasteiger partial charge in [0.15, 0.2) is 10.9 Å². The number of ether oxygens (including phenoxy) is 1. The summed E-state index contributed by atoms with van der Waals surface area (Å²) < 4.78 is 14.2. The van der Waals surface area contributed by atoms with Crippen LogP contribution in [-0.2, 0) is 28.9 Å². The van der Waals surface area contributed by atoms with Gasteiger partial charge in [-0.1, -0.05) is 27.7 Å². The van der Waals surface area contributed by atoms with E-state index in [4.69, 9.17) is 9.15 Å². The maximum absolute atomic E-state index is 12.9. The minimum absolute atomic E-state index is 0.135. The minimum atomic E-state index is -0.368. The van der Waals surface area contributed by atoms with Gasteiger partial charge in [0.05, 0.1) is 17.9 Å². The van der Waals surface area contributed by atoms with E-state index in [-0.39, 0.29) is 17.6 Å². The van der Waals surface area contributed by atoms with Crippen LogP contribution in [-0.4, -0.2) is 39.0 Å². The Bertz CT molecular complexity index is 1440. The highest BCUT2D eigenvalue weighted by Gasteiger charge is 2.27. The number of nitrogens with zero attached hydrogens (tertiary/aromatic N) is 3. The van der Waals surface area contributed by atoms with Crippen molar-refractivity contribution in [3.8, 4) is 11.6 Å². The Labute approximate surface area is 224 Å². The molecule has 1 aliphatic carbocycles. The molecular weight excluding hydrogens is 564 g/mol. The molecule has 0 bridgehead atoms. The van der Waals surface area contributed by atoms with E-state index >= 15 is 0 Å². The highest BCUT2D eigenvalue weighted by atomic mass is 79.9. The third-order valence-electron chi connectivity index (χ3n) is 5.97. The number of anilines is 1. The number of furan rings is 1. The molecule has 3 aromatic heterocycles. The largest absolute Gasteiger partial charge is 0.462 e. The molecule has 11 heteroatoms. The van der Waals surface area contributed by atoms with Crippen molar-refractivity contribution in [2.45, 2.75) is 51.2 Å². The number of halogens is 1. The quantitative estimate of drug-likeness (QED) is 0.190. The van der Waals surface area contributed by atoms with Crippen LogP contribution in [0.4, 0.5) is 5.00 Å². The summed E-state index contributed by atoms with van der Waals surface area (Å²) in [7, 11) is 0. The number of carbonyl (C=O) groups excluding carboxylic acids is 2. The second kappa shape index (κ2) is 10.8. The first-order valence-corrected chi connectivity index (χ1v) is 14.4. The smallest absolute Gasteiger partial charge is 0.341 e. The molecule has 4 aromatic rings. The Balaban J connectivity index is 1.32. The van der Waals surface area contributed by atoms with Gasteiger partial charge >= 0.3 is 5.97 Å². The molecule has 1 N–H and O–H groups in total. The van der Waals surface area contributed by atoms with E-state index in [0.29, 0.717) is 40.5 Å². The molecule has 188 valence electrons. The molecule has 0 saturated heterocycles. The molecular formula is C25H25BrN4O4S2. The third kappa shape index (κ3) is 4.96. The molecule has 0 unspecified atom stereocenters. The van der Waals surface area contributed by atoms with Crippen molar-refractivity contribution in [3.63, 3.8) is 0 Å². The summed E-state index contributed by atoms with van der Waals surface area (Å²) in [5.74, 6) is 0.800. The van der Waals surface area contributed by atoms with Gasteiger partial charge in [-0.15, -0.1) is 21.5 Å². The normalized spacial score (nSPS) is 13.1. The summed E-state index contributed by atoms with van der Waals surface area (Å²) in [6, 6.07) is 7.76. The number of thioether (sulfide) groups is 1. The molecule has 0 radical (unpaired) electrons. The van der Waals surface area contributed by atoms with E-state index in [1.165, 1.54) is 28.0 Å². The lowest BCUT2D eigenvalue weighted by atomic mass is 9.95. The van der Waals surface area contributed by atoms with E-state index in [9.17, 15) is 9.59 Å². The van der Waals surface area contributed by atoms with E-state index in [2.05, 4.69) is 31.4 Å². The highest BCUT2D eigenvalue weighted by Crippen LogP contribution is 2.39. The fourth-order valence-corrected chi connectivity index (χ4v) is 6.83. The third-order valence-corrected chi connectivity index (χ3v) is 8.64. The zero-order valence-corrected chi connectivity index (χ0v) is 23.1. The Morgan fingerprint density at radius 3 is 2.86 bits per heavy atom. The van der Waals surface area contributed by atoms with Crippen LogP contribution >= 0.6 is 39.0 Å². The van der Waals surface area contributed by atoms with Gasteiger partial charge in [-0.2, -0.15) is 0 Å². The Hall–Kier alpha value is -2.63. The molecule has 5 rings (SSSR count). The van der Waals surface area contributed by atoms with Gasteiger partial charge in [-0.3, -0.25) is 9.36 Å². The molecule has 36 heavy (non-hydrogen) atoms. The predicted molar refractivity (Wildman–Crippen MR) is 145 cm³/mol. The Morgan fingerprint density at radius 1 is 1.22 bits per heavy atom. The number of amides is 1. The second-order valence-corrected chi connectivity index (χ2v) is 11.3. The van der Waals surface area contributed by atoms with Gasteiger partial charge in [-0.05, 0) is 69.4 Å². The molecule has 0 atom stereocenters. The van der Waals surface area contributed by atoms with Crippen molar-refractivity contribution in [2.24, 2.45) is 0 Å². The van der Waals surface area contributed by atoms with Crippen LogP contribution in [0.15, 0.2) is 38.3 Å². The fourth-order valence-electron chi connectivity index (χ4n) is 4.35. The number of benzene rings is 1. The molecule has 0 aliphatic heterocycles. The summed E-state index contributed by atoms with van der Waals surface area (Å²) in [6.45, 7) is 4.70. The van der Waals surface area contributed by atoms with Gasteiger partial charge in [0.2, 0.25) is 11.7 Å². The molecule has 3 heterocycles. The second-order valence-electron chi connectivity index (χ2n) is 8.32. The molecule has 1 aliphatic rings. The van der Waals surface area contributed by atoms with Gasteiger partial charge in [0.25, 0.3) is 0 Å². The topological polar surface area (TPSA) is 99.2 Å². The average Bonchev–Trinajstić information content (AvgIpc) is 3.56. The van der Waals surface area contributed by atoms with Gasteiger partial charge in [0, 0.05) is 21.3 Å². The number of thiophene rings is 1. The van der Waals surface area contributed by atoms with Crippen LogP contribution in [0, 0.1) is 0 Å². The van der Waals surface area contributed by atoms with Crippen molar-refractivity contribution in [3.05, 3.63) is 44.7 Å². The number of hydrogen-bond acceptors (Lipinski definition) is 8. The first-order chi connectivity index (χ1) is 17.5. The number of aromatic nitrogens is 3. The van der Waals surface area contributed by atoms with Crippen molar-refractivity contribution >= 4 is 66.9 Å². The first kappa shape index (κ1) is 25.0.